The molecule has 1 saturated carbocycles. The van der Waals surface area contributed by atoms with Crippen molar-refractivity contribution in [3.05, 3.63) is 93.5 Å². The maximum atomic E-state index is 13.0. The molecule has 0 spiro atoms. The SMILES string of the molecule is CC(C)(C)N(CCCc1ccc(-c2ccc(C(=O)NS(C)(=O)=O)c(OC3CCCCC3)c2)cc1)C(=O)OC[C@H](O)c1ccc([N+](=O)[O-])cc1. The van der Waals surface area contributed by atoms with E-state index in [1.165, 1.54) is 24.3 Å². The van der Waals surface area contributed by atoms with Gasteiger partial charge in [-0.05, 0) is 106 Å². The van der Waals surface area contributed by atoms with Gasteiger partial charge in [-0.25, -0.2) is 17.9 Å². The van der Waals surface area contributed by atoms with Crippen LogP contribution in [0.1, 0.15) is 86.9 Å². The van der Waals surface area contributed by atoms with Crippen LogP contribution < -0.4 is 9.46 Å². The molecule has 0 aliphatic heterocycles. The first-order valence-electron chi connectivity index (χ1n) is 16.4. The number of nitro groups is 1. The molecule has 0 unspecified atom stereocenters. The standard InChI is InChI=1S/C36H45N3O9S/c1-36(2,3)38(35(42)47-24-32(40)27-16-19-29(20-17-27)39(43)44)22-8-9-25-12-14-26(15-13-25)28-18-21-31(34(41)37-49(4,45)46)33(23-28)48-30-10-6-5-7-11-30/h12-21,23,30,32,40H,5-11,22,24H2,1-4H3,(H,37,41)/t32-/m0/s1. The lowest BCUT2D eigenvalue weighted by molar-refractivity contribution is -0.384. The molecular weight excluding hydrogens is 650 g/mol. The second kappa shape index (κ2) is 16.3. The normalized spacial score (nSPS) is 14.5. The zero-order chi connectivity index (χ0) is 35.8. The van der Waals surface area contributed by atoms with E-state index in [4.69, 9.17) is 9.47 Å². The number of aliphatic hydroxyl groups is 1. The van der Waals surface area contributed by atoms with Crippen LogP contribution in [0, 0.1) is 10.1 Å². The number of ether oxygens (including phenoxy) is 2. The fourth-order valence-corrected chi connectivity index (χ4v) is 6.17. The smallest absolute Gasteiger partial charge is 0.410 e. The van der Waals surface area contributed by atoms with Gasteiger partial charge in [0.15, 0.2) is 0 Å². The van der Waals surface area contributed by atoms with Gasteiger partial charge in [0.25, 0.3) is 11.6 Å². The number of rotatable bonds is 13. The third-order valence-corrected chi connectivity index (χ3v) is 8.92. The van der Waals surface area contributed by atoms with E-state index < -0.39 is 38.6 Å². The maximum absolute atomic E-state index is 13.0. The van der Waals surface area contributed by atoms with Gasteiger partial charge in [-0.3, -0.25) is 14.9 Å². The minimum atomic E-state index is -3.75. The lowest BCUT2D eigenvalue weighted by Crippen LogP contribution is -2.46. The van der Waals surface area contributed by atoms with Gasteiger partial charge >= 0.3 is 6.09 Å². The van der Waals surface area contributed by atoms with Crippen LogP contribution in [0.3, 0.4) is 0 Å². The van der Waals surface area contributed by atoms with Gasteiger partial charge in [0.05, 0.1) is 22.8 Å². The fourth-order valence-electron chi connectivity index (χ4n) is 5.72. The summed E-state index contributed by atoms with van der Waals surface area (Å²) in [6, 6.07) is 18.5. The number of carbonyl (C=O) groups excluding carboxylic acids is 2. The number of aryl methyl sites for hydroxylation is 1. The average Bonchev–Trinajstić information content (AvgIpc) is 3.05. The fraction of sp³-hybridized carbons (Fsp3) is 0.444. The topological polar surface area (TPSA) is 165 Å². The highest BCUT2D eigenvalue weighted by molar-refractivity contribution is 7.89. The number of hydrogen-bond acceptors (Lipinski definition) is 9. The number of hydrogen-bond donors (Lipinski definition) is 2. The minimum absolute atomic E-state index is 0.0405. The van der Waals surface area contributed by atoms with E-state index in [1.807, 2.05) is 49.8 Å². The Kier molecular flexibility index (Phi) is 12.4. The molecule has 0 saturated heterocycles. The summed E-state index contributed by atoms with van der Waals surface area (Å²) in [5, 5.41) is 21.4. The minimum Gasteiger partial charge on any atom is -0.490 e. The summed E-state index contributed by atoms with van der Waals surface area (Å²) in [7, 11) is -3.75. The second-order valence-electron chi connectivity index (χ2n) is 13.4. The van der Waals surface area contributed by atoms with Crippen LogP contribution in [-0.4, -0.2) is 66.4 Å². The molecule has 1 aliphatic rings. The molecule has 12 nitrogen and oxygen atoms in total. The monoisotopic (exact) mass is 695 g/mol. The summed E-state index contributed by atoms with van der Waals surface area (Å²) in [5.74, 6) is -0.381. The molecule has 13 heteroatoms. The predicted molar refractivity (Wildman–Crippen MR) is 186 cm³/mol. The Morgan fingerprint density at radius 2 is 1.63 bits per heavy atom. The van der Waals surface area contributed by atoms with E-state index in [1.54, 1.807) is 23.1 Å². The first-order chi connectivity index (χ1) is 23.1. The van der Waals surface area contributed by atoms with Gasteiger partial charge in [0.1, 0.15) is 18.5 Å². The Morgan fingerprint density at radius 3 is 2.22 bits per heavy atom. The molecular formula is C36H45N3O9S. The highest BCUT2D eigenvalue weighted by Crippen LogP contribution is 2.31. The zero-order valence-electron chi connectivity index (χ0n) is 28.4. The van der Waals surface area contributed by atoms with Crippen LogP contribution >= 0.6 is 0 Å². The van der Waals surface area contributed by atoms with Gasteiger partial charge in [0, 0.05) is 24.2 Å². The lowest BCUT2D eigenvalue weighted by Gasteiger charge is -2.35. The zero-order valence-corrected chi connectivity index (χ0v) is 29.2. The van der Waals surface area contributed by atoms with Crippen LogP contribution in [0.4, 0.5) is 10.5 Å². The summed E-state index contributed by atoms with van der Waals surface area (Å²) in [6.07, 6.45) is 5.52. The molecule has 0 radical (unpaired) electrons. The molecule has 0 aromatic heterocycles. The number of non-ortho nitro benzene ring substituents is 1. The Bertz CT molecular complexity index is 1710. The molecule has 3 aromatic rings. The molecule has 4 rings (SSSR count). The van der Waals surface area contributed by atoms with Gasteiger partial charge in [-0.2, -0.15) is 0 Å². The molecule has 0 bridgehead atoms. The number of sulfonamides is 1. The molecule has 0 heterocycles. The number of aliphatic hydroxyl groups excluding tert-OH is 1. The summed E-state index contributed by atoms with van der Waals surface area (Å²) >= 11 is 0. The summed E-state index contributed by atoms with van der Waals surface area (Å²) in [4.78, 5) is 37.8. The second-order valence-corrected chi connectivity index (χ2v) is 15.1. The van der Waals surface area contributed by atoms with Crippen LogP contribution in [0.2, 0.25) is 0 Å². The van der Waals surface area contributed by atoms with E-state index in [2.05, 4.69) is 0 Å². The van der Waals surface area contributed by atoms with Crippen molar-refractivity contribution in [2.24, 2.45) is 0 Å². The van der Waals surface area contributed by atoms with Gasteiger partial charge < -0.3 is 19.5 Å². The average molecular weight is 696 g/mol. The quantitative estimate of drug-likeness (QED) is 0.149. The highest BCUT2D eigenvalue weighted by atomic mass is 32.2. The van der Waals surface area contributed by atoms with Crippen LogP contribution in [0.15, 0.2) is 66.7 Å². The predicted octanol–water partition coefficient (Wildman–Crippen LogP) is 6.57. The maximum Gasteiger partial charge on any atom is 0.410 e. The van der Waals surface area contributed by atoms with E-state index in [0.717, 1.165) is 55.1 Å². The Balaban J connectivity index is 1.38. The van der Waals surface area contributed by atoms with Crippen molar-refractivity contribution in [3.8, 4) is 16.9 Å². The summed E-state index contributed by atoms with van der Waals surface area (Å²) in [5.41, 5.74) is 2.72. The van der Waals surface area contributed by atoms with Crippen molar-refractivity contribution < 1.29 is 37.5 Å². The number of benzene rings is 3. The molecule has 49 heavy (non-hydrogen) atoms. The number of carbonyl (C=O) groups is 2. The first-order valence-corrected chi connectivity index (χ1v) is 18.3. The molecule has 264 valence electrons. The van der Waals surface area contributed by atoms with Gasteiger partial charge in [0.2, 0.25) is 10.0 Å². The molecule has 1 atom stereocenters. The van der Waals surface area contributed by atoms with E-state index in [0.29, 0.717) is 30.7 Å². The number of nitro benzene ring substituents is 1. The lowest BCUT2D eigenvalue weighted by atomic mass is 9.97. The molecule has 2 N–H and O–H groups in total. The third kappa shape index (κ3) is 11.0. The van der Waals surface area contributed by atoms with E-state index in [9.17, 15) is 33.2 Å². The molecule has 1 aliphatic carbocycles. The Labute approximate surface area is 287 Å². The molecule has 1 fully saturated rings. The van der Waals surface area contributed by atoms with Gasteiger partial charge in [-0.15, -0.1) is 0 Å². The Morgan fingerprint density at radius 1 is 1.00 bits per heavy atom. The van der Waals surface area contributed by atoms with Crippen LogP contribution in [0.25, 0.3) is 11.1 Å². The van der Waals surface area contributed by atoms with Crippen molar-refractivity contribution in [1.29, 1.82) is 0 Å². The molecule has 2 amide bonds. The highest BCUT2D eigenvalue weighted by Gasteiger charge is 2.28. The summed E-state index contributed by atoms with van der Waals surface area (Å²) < 4.78 is 37.2. The Hall–Kier alpha value is -4.49. The van der Waals surface area contributed by atoms with Crippen molar-refractivity contribution in [1.82, 2.24) is 9.62 Å². The van der Waals surface area contributed by atoms with E-state index in [-0.39, 0.29) is 24.0 Å². The number of nitrogens with zero attached hydrogens (tertiary/aromatic N) is 2. The van der Waals surface area contributed by atoms with Crippen molar-refractivity contribution in [3.63, 3.8) is 0 Å². The third-order valence-electron chi connectivity index (χ3n) is 8.37. The summed E-state index contributed by atoms with van der Waals surface area (Å²) in [6.45, 7) is 5.83. The largest absolute Gasteiger partial charge is 0.490 e. The number of amides is 2. The molecule has 3 aromatic carbocycles. The van der Waals surface area contributed by atoms with Crippen molar-refractivity contribution >= 4 is 27.7 Å². The van der Waals surface area contributed by atoms with Crippen molar-refractivity contribution in [2.45, 2.75) is 83.5 Å². The van der Waals surface area contributed by atoms with E-state index >= 15 is 0 Å². The van der Waals surface area contributed by atoms with Gasteiger partial charge in [-0.1, -0.05) is 36.8 Å². The number of nitrogens with one attached hydrogen (secondary N) is 1. The van der Waals surface area contributed by atoms with Crippen LogP contribution in [0.5, 0.6) is 5.75 Å². The van der Waals surface area contributed by atoms with Crippen LogP contribution in [-0.2, 0) is 21.2 Å². The first kappa shape index (κ1) is 37.3. The van der Waals surface area contributed by atoms with Crippen molar-refractivity contribution in [2.75, 3.05) is 19.4 Å².